The van der Waals surface area contributed by atoms with Gasteiger partial charge >= 0.3 is 0 Å². The van der Waals surface area contributed by atoms with Gasteiger partial charge in [0.25, 0.3) is 5.91 Å². The Kier molecular flexibility index (Phi) is 4.82. The molecule has 1 N–H and O–H groups in total. The average Bonchev–Trinajstić information content (AvgIpc) is 3.25. The van der Waals surface area contributed by atoms with Gasteiger partial charge in [-0.05, 0) is 12.1 Å². The summed E-state index contributed by atoms with van der Waals surface area (Å²) in [4.78, 5) is 25.8. The smallest absolute Gasteiger partial charge is 0.251 e. The maximum atomic E-state index is 12.2. The molecular formula is C15H16N4O3S. The molecule has 1 atom stereocenters. The zero-order valence-electron chi connectivity index (χ0n) is 12.3. The summed E-state index contributed by atoms with van der Waals surface area (Å²) in [6.07, 6.45) is 2.23. The molecule has 2 heterocycles. The predicted octanol–water partition coefficient (Wildman–Crippen LogP) is 0.948. The predicted molar refractivity (Wildman–Crippen MR) is 84.3 cm³/mol. The van der Waals surface area contributed by atoms with E-state index in [-0.39, 0.29) is 24.5 Å². The molecule has 0 aliphatic carbocycles. The Labute approximate surface area is 137 Å². The van der Waals surface area contributed by atoms with E-state index in [9.17, 15) is 9.59 Å². The van der Waals surface area contributed by atoms with Crippen molar-refractivity contribution >= 4 is 23.5 Å². The number of carbonyl (C=O) groups excluding carboxylic acids is 2. The highest BCUT2D eigenvalue weighted by Gasteiger charge is 2.28. The number of nitrogens with zero attached hydrogens (tertiary/aromatic N) is 3. The first-order valence-corrected chi connectivity index (χ1v) is 8.00. The quantitative estimate of drug-likeness (QED) is 0.881. The van der Waals surface area contributed by atoms with Crippen molar-refractivity contribution in [2.24, 2.45) is 0 Å². The van der Waals surface area contributed by atoms with Crippen LogP contribution in [-0.2, 0) is 4.79 Å². The number of hydrogen-bond donors (Lipinski definition) is 1. The fourth-order valence-corrected chi connectivity index (χ4v) is 2.74. The highest BCUT2D eigenvalue weighted by Crippen LogP contribution is 2.16. The Morgan fingerprint density at radius 1 is 1.35 bits per heavy atom. The molecule has 120 valence electrons. The fraction of sp³-hybridized carbons (Fsp3) is 0.333. The molecule has 0 bridgehead atoms. The second-order valence-corrected chi connectivity index (χ2v) is 5.72. The molecule has 1 fully saturated rings. The first kappa shape index (κ1) is 15.4. The maximum absolute atomic E-state index is 12.2. The first-order chi connectivity index (χ1) is 11.2. The summed E-state index contributed by atoms with van der Waals surface area (Å²) in [5.41, 5.74) is 0.541. The van der Waals surface area contributed by atoms with Crippen LogP contribution in [0.1, 0.15) is 16.8 Å². The Bertz CT molecular complexity index is 663. The second-order valence-electron chi connectivity index (χ2n) is 5.16. The van der Waals surface area contributed by atoms with Crippen molar-refractivity contribution in [2.75, 3.05) is 19.6 Å². The number of carbonyl (C=O) groups is 2. The number of ether oxygens (including phenoxy) is 1. The molecule has 3 rings (SSSR count). The van der Waals surface area contributed by atoms with E-state index >= 15 is 0 Å². The minimum atomic E-state index is -0.250. The molecule has 1 aliphatic heterocycles. The van der Waals surface area contributed by atoms with Crippen LogP contribution >= 0.6 is 11.7 Å². The molecule has 23 heavy (non-hydrogen) atoms. The van der Waals surface area contributed by atoms with Crippen molar-refractivity contribution in [2.45, 2.75) is 12.5 Å². The number of hydrogen-bond acceptors (Lipinski definition) is 6. The van der Waals surface area contributed by atoms with Gasteiger partial charge in [-0.2, -0.15) is 4.37 Å². The Hall–Kier alpha value is -2.48. The van der Waals surface area contributed by atoms with Crippen molar-refractivity contribution in [3.05, 3.63) is 42.1 Å². The number of nitrogens with one attached hydrogen (secondary N) is 1. The van der Waals surface area contributed by atoms with E-state index in [2.05, 4.69) is 14.1 Å². The summed E-state index contributed by atoms with van der Waals surface area (Å²) in [6, 6.07) is 8.83. The summed E-state index contributed by atoms with van der Waals surface area (Å²) in [5.74, 6) is 0.128. The zero-order valence-corrected chi connectivity index (χ0v) is 13.2. The lowest BCUT2D eigenvalue weighted by Crippen LogP contribution is -2.39. The highest BCUT2D eigenvalue weighted by molar-refractivity contribution is 6.99. The van der Waals surface area contributed by atoms with Gasteiger partial charge in [-0.25, -0.2) is 0 Å². The fourth-order valence-electron chi connectivity index (χ4n) is 2.39. The van der Waals surface area contributed by atoms with Gasteiger partial charge in [-0.1, -0.05) is 18.2 Å². The van der Waals surface area contributed by atoms with E-state index in [0.717, 1.165) is 18.1 Å². The van der Waals surface area contributed by atoms with Crippen LogP contribution in [0.5, 0.6) is 5.88 Å². The minimum absolute atomic E-state index is 0.0152. The van der Waals surface area contributed by atoms with Crippen molar-refractivity contribution in [1.82, 2.24) is 19.0 Å². The third-order valence-corrected chi connectivity index (χ3v) is 4.02. The lowest BCUT2D eigenvalue weighted by Gasteiger charge is -2.16. The van der Waals surface area contributed by atoms with Gasteiger partial charge in [-0.3, -0.25) is 9.59 Å². The molecule has 0 spiro atoms. The van der Waals surface area contributed by atoms with Crippen LogP contribution in [0.15, 0.2) is 36.5 Å². The highest BCUT2D eigenvalue weighted by atomic mass is 32.1. The van der Waals surface area contributed by atoms with Gasteiger partial charge < -0.3 is 15.0 Å². The van der Waals surface area contributed by atoms with Gasteiger partial charge in [0.15, 0.2) is 0 Å². The van der Waals surface area contributed by atoms with Gasteiger partial charge in [-0.15, -0.1) is 4.37 Å². The third-order valence-electron chi connectivity index (χ3n) is 3.56. The molecule has 1 aromatic carbocycles. The monoisotopic (exact) mass is 332 g/mol. The van der Waals surface area contributed by atoms with Crippen LogP contribution in [-0.4, -0.2) is 51.2 Å². The molecule has 0 saturated carbocycles. The van der Waals surface area contributed by atoms with Crippen LogP contribution in [0, 0.1) is 0 Å². The van der Waals surface area contributed by atoms with Gasteiger partial charge in [0.2, 0.25) is 11.8 Å². The summed E-state index contributed by atoms with van der Waals surface area (Å²) in [7, 11) is 0. The SMILES string of the molecule is O=C(NCC(=O)N1CCC(Oc2cnsn2)C1)c1ccccc1. The van der Waals surface area contributed by atoms with Crippen LogP contribution in [0.25, 0.3) is 0 Å². The number of likely N-dealkylation sites (tertiary alicyclic amines) is 1. The zero-order chi connectivity index (χ0) is 16.1. The summed E-state index contributed by atoms with van der Waals surface area (Å²) >= 11 is 1.09. The largest absolute Gasteiger partial charge is 0.471 e. The molecule has 1 saturated heterocycles. The van der Waals surface area contributed by atoms with Crippen LogP contribution < -0.4 is 10.1 Å². The van der Waals surface area contributed by atoms with Crippen molar-refractivity contribution in [1.29, 1.82) is 0 Å². The van der Waals surface area contributed by atoms with Gasteiger partial charge in [0.05, 0.1) is 24.8 Å². The molecule has 2 amide bonds. The van der Waals surface area contributed by atoms with E-state index in [4.69, 9.17) is 4.74 Å². The van der Waals surface area contributed by atoms with E-state index in [1.54, 1.807) is 35.4 Å². The number of amides is 2. The topological polar surface area (TPSA) is 84.4 Å². The third kappa shape index (κ3) is 4.04. The minimum Gasteiger partial charge on any atom is -0.471 e. The summed E-state index contributed by atoms with van der Waals surface area (Å²) in [6.45, 7) is 1.10. The molecule has 1 unspecified atom stereocenters. The van der Waals surface area contributed by atoms with Crippen LogP contribution in [0.2, 0.25) is 0 Å². The average molecular weight is 332 g/mol. The number of rotatable bonds is 5. The Morgan fingerprint density at radius 3 is 2.91 bits per heavy atom. The molecule has 1 aliphatic rings. The first-order valence-electron chi connectivity index (χ1n) is 7.27. The van der Waals surface area contributed by atoms with Crippen LogP contribution in [0.3, 0.4) is 0 Å². The molecule has 1 aromatic heterocycles. The Morgan fingerprint density at radius 2 is 2.17 bits per heavy atom. The lowest BCUT2D eigenvalue weighted by atomic mass is 10.2. The maximum Gasteiger partial charge on any atom is 0.251 e. The molecule has 7 nitrogen and oxygen atoms in total. The van der Waals surface area contributed by atoms with Crippen LogP contribution in [0.4, 0.5) is 0 Å². The van der Waals surface area contributed by atoms with Gasteiger partial charge in [0, 0.05) is 18.5 Å². The molecular weight excluding hydrogens is 316 g/mol. The molecule has 0 radical (unpaired) electrons. The Balaban J connectivity index is 1.45. The van der Waals surface area contributed by atoms with E-state index in [1.165, 1.54) is 0 Å². The summed E-state index contributed by atoms with van der Waals surface area (Å²) < 4.78 is 13.5. The summed E-state index contributed by atoms with van der Waals surface area (Å²) in [5, 5.41) is 2.64. The van der Waals surface area contributed by atoms with Gasteiger partial charge in [0.1, 0.15) is 12.3 Å². The van der Waals surface area contributed by atoms with E-state index in [1.807, 2.05) is 6.07 Å². The van der Waals surface area contributed by atoms with E-state index < -0.39 is 0 Å². The van der Waals surface area contributed by atoms with E-state index in [0.29, 0.717) is 24.5 Å². The van der Waals surface area contributed by atoms with Crippen molar-refractivity contribution in [3.8, 4) is 5.88 Å². The standard InChI is InChI=1S/C15H16N4O3S/c20-14(9-16-15(21)11-4-2-1-3-5-11)19-7-6-12(10-19)22-13-8-17-23-18-13/h1-5,8,12H,6-7,9-10H2,(H,16,21). The normalized spacial score (nSPS) is 17.0. The number of benzene rings is 1. The molecule has 8 heteroatoms. The van der Waals surface area contributed by atoms with Crippen molar-refractivity contribution in [3.63, 3.8) is 0 Å². The second kappa shape index (κ2) is 7.19. The lowest BCUT2D eigenvalue weighted by molar-refractivity contribution is -0.129. The van der Waals surface area contributed by atoms with Crippen molar-refractivity contribution < 1.29 is 14.3 Å². The molecule has 2 aromatic rings. The number of aromatic nitrogens is 2.